The molecule has 0 aliphatic rings. The lowest BCUT2D eigenvalue weighted by Gasteiger charge is -2.13. The number of benzene rings is 2. The minimum Gasteiger partial charge on any atom is -0.349 e. The van der Waals surface area contributed by atoms with Crippen LogP contribution in [0.4, 0.5) is 0 Å². The molecule has 6 heteroatoms. The summed E-state index contributed by atoms with van der Waals surface area (Å²) in [4.78, 5) is 17.2. The van der Waals surface area contributed by atoms with Crippen LogP contribution in [-0.2, 0) is 6.42 Å². The fourth-order valence-corrected chi connectivity index (χ4v) is 3.51. The normalized spacial score (nSPS) is 12.1. The van der Waals surface area contributed by atoms with Crippen molar-refractivity contribution in [3.05, 3.63) is 89.2 Å². The van der Waals surface area contributed by atoms with Crippen molar-refractivity contribution >= 4 is 23.2 Å². The topological polar surface area (TPSA) is 59.3 Å². The Morgan fingerprint density at radius 1 is 1.14 bits per heavy atom. The highest BCUT2D eigenvalue weighted by molar-refractivity contribution is 6.30. The van der Waals surface area contributed by atoms with Gasteiger partial charge >= 0.3 is 0 Å². The van der Waals surface area contributed by atoms with E-state index < -0.39 is 0 Å². The molecule has 0 spiro atoms. The van der Waals surface area contributed by atoms with Crippen molar-refractivity contribution in [2.75, 3.05) is 0 Å². The zero-order chi connectivity index (χ0) is 20.2. The number of hydrogen-bond acceptors (Lipinski definition) is 3. The number of carbonyl (C=O) groups excluding carboxylic acids is 1. The van der Waals surface area contributed by atoms with Gasteiger partial charge in [-0.2, -0.15) is 5.10 Å². The lowest BCUT2D eigenvalue weighted by atomic mass is 10.1. The van der Waals surface area contributed by atoms with Crippen LogP contribution in [0.1, 0.15) is 29.3 Å². The first-order valence-electron chi connectivity index (χ1n) is 9.55. The number of halogens is 1. The fourth-order valence-electron chi connectivity index (χ4n) is 3.32. The second-order valence-corrected chi connectivity index (χ2v) is 7.47. The number of amides is 1. The Morgan fingerprint density at radius 2 is 1.97 bits per heavy atom. The molecule has 1 N–H and O–H groups in total. The Kier molecular flexibility index (Phi) is 5.58. The summed E-state index contributed by atoms with van der Waals surface area (Å²) in [5.74, 6) is -0.170. The van der Waals surface area contributed by atoms with Crippen LogP contribution in [0.2, 0.25) is 5.02 Å². The predicted octanol–water partition coefficient (Wildman–Crippen LogP) is 4.80. The third-order valence-corrected chi connectivity index (χ3v) is 5.09. The summed E-state index contributed by atoms with van der Waals surface area (Å²) < 4.78 is 1.68. The molecule has 1 unspecified atom stereocenters. The second-order valence-electron chi connectivity index (χ2n) is 7.03. The van der Waals surface area contributed by atoms with Gasteiger partial charge in [-0.15, -0.1) is 0 Å². The maximum atomic E-state index is 12.8. The van der Waals surface area contributed by atoms with Crippen LogP contribution in [0.3, 0.4) is 0 Å². The largest absolute Gasteiger partial charge is 0.349 e. The SMILES string of the molecule is CC(CCc1ccccc1)NC(=O)c1cnn2c(-c3cccc(Cl)c3)ccnc12. The van der Waals surface area contributed by atoms with Crippen molar-refractivity contribution in [3.63, 3.8) is 0 Å². The minimum absolute atomic E-state index is 0.0359. The molecule has 0 radical (unpaired) electrons. The second kappa shape index (κ2) is 8.45. The standard InChI is InChI=1S/C23H21ClN4O/c1-16(10-11-17-6-3-2-4-7-17)27-23(29)20-15-26-28-21(12-13-25-22(20)28)18-8-5-9-19(24)14-18/h2-9,12-16H,10-11H2,1H3,(H,27,29). The minimum atomic E-state index is -0.170. The molecule has 2 heterocycles. The fraction of sp³-hybridized carbons (Fsp3) is 0.174. The molecule has 1 atom stereocenters. The molecule has 0 saturated heterocycles. The number of rotatable bonds is 6. The third-order valence-electron chi connectivity index (χ3n) is 4.85. The molecule has 2 aromatic carbocycles. The van der Waals surface area contributed by atoms with Crippen molar-refractivity contribution in [2.45, 2.75) is 25.8 Å². The average Bonchev–Trinajstić information content (AvgIpc) is 3.17. The van der Waals surface area contributed by atoms with E-state index in [1.165, 1.54) is 5.56 Å². The van der Waals surface area contributed by atoms with Gasteiger partial charge in [-0.25, -0.2) is 9.50 Å². The number of hydrogen-bond donors (Lipinski definition) is 1. The Balaban J connectivity index is 1.52. The summed E-state index contributed by atoms with van der Waals surface area (Å²) in [7, 11) is 0. The van der Waals surface area contributed by atoms with Gasteiger partial charge in [0.15, 0.2) is 5.65 Å². The molecule has 146 valence electrons. The number of nitrogens with zero attached hydrogens (tertiary/aromatic N) is 3. The van der Waals surface area contributed by atoms with E-state index in [-0.39, 0.29) is 11.9 Å². The lowest BCUT2D eigenvalue weighted by molar-refractivity contribution is 0.0940. The molecule has 4 aromatic rings. The van der Waals surface area contributed by atoms with E-state index in [0.29, 0.717) is 16.2 Å². The van der Waals surface area contributed by atoms with Crippen molar-refractivity contribution in [1.29, 1.82) is 0 Å². The number of carbonyl (C=O) groups is 1. The van der Waals surface area contributed by atoms with Crippen molar-refractivity contribution < 1.29 is 4.79 Å². The maximum absolute atomic E-state index is 12.8. The highest BCUT2D eigenvalue weighted by atomic mass is 35.5. The molecule has 0 aliphatic heterocycles. The van der Waals surface area contributed by atoms with Crippen LogP contribution < -0.4 is 5.32 Å². The van der Waals surface area contributed by atoms with Crippen molar-refractivity contribution in [3.8, 4) is 11.3 Å². The zero-order valence-corrected chi connectivity index (χ0v) is 16.8. The molecule has 4 rings (SSSR count). The highest BCUT2D eigenvalue weighted by Gasteiger charge is 2.18. The van der Waals surface area contributed by atoms with E-state index in [2.05, 4.69) is 27.5 Å². The molecule has 0 saturated carbocycles. The molecular formula is C23H21ClN4O. The zero-order valence-electron chi connectivity index (χ0n) is 16.0. The summed E-state index contributed by atoms with van der Waals surface area (Å²) in [5, 5.41) is 8.10. The molecule has 0 aliphatic carbocycles. The summed E-state index contributed by atoms with van der Waals surface area (Å²) >= 11 is 6.12. The first-order valence-corrected chi connectivity index (χ1v) is 9.93. The van der Waals surface area contributed by atoms with E-state index in [1.54, 1.807) is 16.9 Å². The maximum Gasteiger partial charge on any atom is 0.256 e. The van der Waals surface area contributed by atoms with Crippen LogP contribution in [0, 0.1) is 0 Å². The quantitative estimate of drug-likeness (QED) is 0.502. The summed E-state index contributed by atoms with van der Waals surface area (Å²) in [5.41, 5.74) is 3.98. The third kappa shape index (κ3) is 4.30. The summed E-state index contributed by atoms with van der Waals surface area (Å²) in [6.07, 6.45) is 5.02. The van der Waals surface area contributed by atoms with Gasteiger partial charge in [-0.05, 0) is 43.5 Å². The van der Waals surface area contributed by atoms with Gasteiger partial charge in [0.2, 0.25) is 0 Å². The number of aryl methyl sites for hydroxylation is 1. The van der Waals surface area contributed by atoms with Gasteiger partial charge in [0.25, 0.3) is 5.91 Å². The van der Waals surface area contributed by atoms with Gasteiger partial charge in [0.1, 0.15) is 5.56 Å². The smallest absolute Gasteiger partial charge is 0.256 e. The molecule has 0 bridgehead atoms. The molecule has 2 aromatic heterocycles. The molecule has 0 fully saturated rings. The van der Waals surface area contributed by atoms with Gasteiger partial charge in [-0.1, -0.05) is 54.1 Å². The number of fused-ring (bicyclic) bond motifs is 1. The number of nitrogens with one attached hydrogen (secondary N) is 1. The van der Waals surface area contributed by atoms with Gasteiger partial charge in [0.05, 0.1) is 11.9 Å². The van der Waals surface area contributed by atoms with Crippen LogP contribution in [-0.4, -0.2) is 26.5 Å². The Bertz CT molecular complexity index is 1140. The average molecular weight is 405 g/mol. The number of aromatic nitrogens is 3. The monoisotopic (exact) mass is 404 g/mol. The van der Waals surface area contributed by atoms with Gasteiger partial charge in [-0.3, -0.25) is 4.79 Å². The van der Waals surface area contributed by atoms with Crippen LogP contribution in [0.5, 0.6) is 0 Å². The van der Waals surface area contributed by atoms with E-state index in [1.807, 2.05) is 55.5 Å². The molecule has 1 amide bonds. The van der Waals surface area contributed by atoms with Crippen LogP contribution >= 0.6 is 11.6 Å². The Morgan fingerprint density at radius 3 is 2.76 bits per heavy atom. The summed E-state index contributed by atoms with van der Waals surface area (Å²) in [6.45, 7) is 2.01. The van der Waals surface area contributed by atoms with E-state index in [0.717, 1.165) is 24.1 Å². The van der Waals surface area contributed by atoms with Crippen LogP contribution in [0.15, 0.2) is 73.1 Å². The molecule has 29 heavy (non-hydrogen) atoms. The Labute approximate surface area is 174 Å². The van der Waals surface area contributed by atoms with E-state index in [4.69, 9.17) is 11.6 Å². The van der Waals surface area contributed by atoms with Crippen molar-refractivity contribution in [1.82, 2.24) is 19.9 Å². The first kappa shape index (κ1) is 19.2. The van der Waals surface area contributed by atoms with E-state index >= 15 is 0 Å². The predicted molar refractivity (Wildman–Crippen MR) is 115 cm³/mol. The van der Waals surface area contributed by atoms with Gasteiger partial charge in [0, 0.05) is 22.8 Å². The van der Waals surface area contributed by atoms with Gasteiger partial charge < -0.3 is 5.32 Å². The Hall–Kier alpha value is -3.18. The van der Waals surface area contributed by atoms with Crippen molar-refractivity contribution in [2.24, 2.45) is 0 Å². The molecule has 5 nitrogen and oxygen atoms in total. The first-order chi connectivity index (χ1) is 14.1. The van der Waals surface area contributed by atoms with Crippen LogP contribution in [0.25, 0.3) is 16.9 Å². The lowest BCUT2D eigenvalue weighted by Crippen LogP contribution is -2.32. The molecular weight excluding hydrogens is 384 g/mol. The summed E-state index contributed by atoms with van der Waals surface area (Å²) in [6, 6.07) is 19.7. The highest BCUT2D eigenvalue weighted by Crippen LogP contribution is 2.23. The van der Waals surface area contributed by atoms with E-state index in [9.17, 15) is 4.79 Å².